The highest BCUT2D eigenvalue weighted by molar-refractivity contribution is 6.74. The Kier molecular flexibility index (Phi) is 6.60. The standard InChI is InChI=1S/C22H30O4Si/c1-22(2,3)27(5,6)26-13-12-19-20(23)14-18(15-21(19)24-4)25-16-17-10-8-7-9-11-17/h7-15,23H,16H2,1-6H3. The highest BCUT2D eigenvalue weighted by Crippen LogP contribution is 2.38. The second kappa shape index (κ2) is 8.52. The van der Waals surface area contributed by atoms with Gasteiger partial charge in [-0.25, -0.2) is 0 Å². The van der Waals surface area contributed by atoms with Crippen LogP contribution in [0.4, 0.5) is 0 Å². The molecule has 27 heavy (non-hydrogen) atoms. The molecular formula is C22H30O4Si. The zero-order chi connectivity index (χ0) is 20.1. The van der Waals surface area contributed by atoms with E-state index >= 15 is 0 Å². The minimum atomic E-state index is -1.90. The van der Waals surface area contributed by atoms with E-state index in [0.717, 1.165) is 5.56 Å². The summed E-state index contributed by atoms with van der Waals surface area (Å²) in [5.74, 6) is 1.18. The molecule has 5 heteroatoms. The molecule has 0 heterocycles. The zero-order valence-corrected chi connectivity index (χ0v) is 18.1. The van der Waals surface area contributed by atoms with Gasteiger partial charge < -0.3 is 19.0 Å². The average Bonchev–Trinajstić information content (AvgIpc) is 2.61. The third kappa shape index (κ3) is 5.53. The van der Waals surface area contributed by atoms with E-state index < -0.39 is 8.32 Å². The maximum atomic E-state index is 10.4. The molecule has 0 bridgehead atoms. The summed E-state index contributed by atoms with van der Waals surface area (Å²) in [5.41, 5.74) is 1.63. The molecule has 0 radical (unpaired) electrons. The lowest BCUT2D eigenvalue weighted by molar-refractivity contribution is 0.301. The molecule has 2 aromatic carbocycles. The topological polar surface area (TPSA) is 47.9 Å². The molecule has 0 atom stereocenters. The molecule has 2 aromatic rings. The second-order valence-corrected chi connectivity index (χ2v) is 12.8. The number of phenols is 1. The van der Waals surface area contributed by atoms with Gasteiger partial charge in [0.2, 0.25) is 8.32 Å². The fourth-order valence-corrected chi connectivity index (χ4v) is 2.96. The molecule has 1 N–H and O–H groups in total. The SMILES string of the molecule is COc1cc(OCc2ccccc2)cc(O)c1C=CO[Si](C)(C)C(C)(C)C. The van der Waals surface area contributed by atoms with Crippen molar-refractivity contribution in [2.45, 2.75) is 45.5 Å². The maximum Gasteiger partial charge on any atom is 0.249 e. The maximum absolute atomic E-state index is 10.4. The predicted molar refractivity (Wildman–Crippen MR) is 113 cm³/mol. The average molecular weight is 387 g/mol. The number of benzene rings is 2. The van der Waals surface area contributed by atoms with Gasteiger partial charge in [0.25, 0.3) is 0 Å². The van der Waals surface area contributed by atoms with Crippen LogP contribution in [0.1, 0.15) is 31.9 Å². The van der Waals surface area contributed by atoms with E-state index in [1.54, 1.807) is 31.6 Å². The number of aromatic hydroxyl groups is 1. The molecule has 0 unspecified atom stereocenters. The summed E-state index contributed by atoms with van der Waals surface area (Å²) < 4.78 is 17.3. The van der Waals surface area contributed by atoms with Gasteiger partial charge in [0.1, 0.15) is 23.9 Å². The Morgan fingerprint density at radius 1 is 1.07 bits per heavy atom. The van der Waals surface area contributed by atoms with Crippen LogP contribution in [-0.2, 0) is 11.0 Å². The highest BCUT2D eigenvalue weighted by Gasteiger charge is 2.37. The van der Waals surface area contributed by atoms with Gasteiger partial charge in [-0.05, 0) is 29.8 Å². The summed E-state index contributed by atoms with van der Waals surface area (Å²) in [6.45, 7) is 11.3. The summed E-state index contributed by atoms with van der Waals surface area (Å²) >= 11 is 0. The van der Waals surface area contributed by atoms with Gasteiger partial charge in [0.15, 0.2) is 0 Å². The minimum absolute atomic E-state index is 0.0903. The normalized spacial score (nSPS) is 12.2. The Balaban J connectivity index is 2.15. The van der Waals surface area contributed by atoms with E-state index in [1.165, 1.54) is 0 Å². The first-order chi connectivity index (χ1) is 12.6. The van der Waals surface area contributed by atoms with Crippen LogP contribution in [0, 0.1) is 0 Å². The van der Waals surface area contributed by atoms with Crippen LogP contribution in [-0.4, -0.2) is 20.5 Å². The van der Waals surface area contributed by atoms with Crippen molar-refractivity contribution in [3.63, 3.8) is 0 Å². The lowest BCUT2D eigenvalue weighted by Gasteiger charge is -2.35. The molecule has 0 spiro atoms. The smallest absolute Gasteiger partial charge is 0.249 e. The molecule has 0 saturated carbocycles. The molecule has 4 nitrogen and oxygen atoms in total. The van der Waals surface area contributed by atoms with Crippen molar-refractivity contribution in [2.75, 3.05) is 7.11 Å². The third-order valence-electron chi connectivity index (χ3n) is 4.97. The van der Waals surface area contributed by atoms with E-state index in [4.69, 9.17) is 13.9 Å². The fraction of sp³-hybridized carbons (Fsp3) is 0.364. The lowest BCUT2D eigenvalue weighted by Crippen LogP contribution is -2.39. The third-order valence-corrected chi connectivity index (χ3v) is 9.30. The van der Waals surface area contributed by atoms with Gasteiger partial charge in [0.05, 0.1) is 18.9 Å². The number of ether oxygens (including phenoxy) is 2. The molecule has 0 aliphatic heterocycles. The van der Waals surface area contributed by atoms with Gasteiger partial charge in [-0.3, -0.25) is 0 Å². The number of methoxy groups -OCH3 is 1. The highest BCUT2D eigenvalue weighted by atomic mass is 28.4. The van der Waals surface area contributed by atoms with Gasteiger partial charge in [0, 0.05) is 12.1 Å². The van der Waals surface area contributed by atoms with Crippen LogP contribution in [0.2, 0.25) is 18.1 Å². The summed E-state index contributed by atoms with van der Waals surface area (Å²) in [4.78, 5) is 0. The van der Waals surface area contributed by atoms with Crippen LogP contribution >= 0.6 is 0 Å². The van der Waals surface area contributed by atoms with Gasteiger partial charge in [-0.2, -0.15) is 0 Å². The van der Waals surface area contributed by atoms with Gasteiger partial charge in [-0.15, -0.1) is 0 Å². The number of rotatable bonds is 7. The molecule has 146 valence electrons. The van der Waals surface area contributed by atoms with E-state index in [9.17, 15) is 5.11 Å². The Hall–Kier alpha value is -2.40. The van der Waals surface area contributed by atoms with Gasteiger partial charge >= 0.3 is 0 Å². The van der Waals surface area contributed by atoms with Crippen molar-refractivity contribution in [3.8, 4) is 17.2 Å². The Morgan fingerprint density at radius 2 is 1.74 bits per heavy atom. The first-order valence-electron chi connectivity index (χ1n) is 9.06. The largest absolute Gasteiger partial charge is 0.549 e. The molecule has 0 fully saturated rings. The van der Waals surface area contributed by atoms with E-state index in [1.807, 2.05) is 30.3 Å². The molecule has 0 amide bonds. The van der Waals surface area contributed by atoms with Crippen molar-refractivity contribution >= 4 is 14.4 Å². The van der Waals surface area contributed by atoms with Crippen LogP contribution < -0.4 is 9.47 Å². The number of hydrogen-bond donors (Lipinski definition) is 1. The van der Waals surface area contributed by atoms with E-state index in [-0.39, 0.29) is 10.8 Å². The zero-order valence-electron chi connectivity index (χ0n) is 17.1. The Labute approximate surface area is 163 Å². The van der Waals surface area contributed by atoms with Crippen molar-refractivity contribution in [3.05, 3.63) is 59.9 Å². The quantitative estimate of drug-likeness (QED) is 0.470. The summed E-state index contributed by atoms with van der Waals surface area (Å²) in [5, 5.41) is 10.5. The predicted octanol–water partition coefficient (Wildman–Crippen LogP) is 5.97. The van der Waals surface area contributed by atoms with Crippen molar-refractivity contribution in [1.82, 2.24) is 0 Å². The molecule has 0 aromatic heterocycles. The number of hydrogen-bond acceptors (Lipinski definition) is 4. The molecule has 0 saturated heterocycles. The molecular weight excluding hydrogens is 356 g/mol. The van der Waals surface area contributed by atoms with Crippen LogP contribution in [0.3, 0.4) is 0 Å². The first-order valence-corrected chi connectivity index (χ1v) is 12.0. The van der Waals surface area contributed by atoms with Crippen LogP contribution in [0.5, 0.6) is 17.2 Å². The molecule has 0 aliphatic rings. The Bertz CT molecular complexity index is 777. The second-order valence-electron chi connectivity index (χ2n) is 8.01. The molecule has 0 aliphatic carbocycles. The molecule has 2 rings (SSSR count). The lowest BCUT2D eigenvalue weighted by atomic mass is 10.1. The summed E-state index contributed by atoms with van der Waals surface area (Å²) in [6.07, 6.45) is 3.41. The van der Waals surface area contributed by atoms with Crippen molar-refractivity contribution in [1.29, 1.82) is 0 Å². The van der Waals surface area contributed by atoms with Crippen LogP contribution in [0.15, 0.2) is 48.7 Å². The van der Waals surface area contributed by atoms with E-state index in [0.29, 0.717) is 23.7 Å². The Morgan fingerprint density at radius 3 is 2.33 bits per heavy atom. The van der Waals surface area contributed by atoms with Gasteiger partial charge in [-0.1, -0.05) is 51.1 Å². The monoisotopic (exact) mass is 386 g/mol. The minimum Gasteiger partial charge on any atom is -0.549 e. The van der Waals surface area contributed by atoms with E-state index in [2.05, 4.69) is 33.9 Å². The van der Waals surface area contributed by atoms with Crippen molar-refractivity contribution in [2.24, 2.45) is 0 Å². The summed E-state index contributed by atoms with van der Waals surface area (Å²) in [6, 6.07) is 13.2. The first kappa shape index (κ1) is 20.9. The number of phenolic OH excluding ortho intramolecular Hbond substituents is 1. The van der Waals surface area contributed by atoms with Crippen molar-refractivity contribution < 1.29 is 19.0 Å². The van der Waals surface area contributed by atoms with Crippen LogP contribution in [0.25, 0.3) is 6.08 Å². The summed E-state index contributed by atoms with van der Waals surface area (Å²) in [7, 11) is -0.328. The fourth-order valence-electron chi connectivity index (χ4n) is 2.20.